The summed E-state index contributed by atoms with van der Waals surface area (Å²) in [5.74, 6) is 0. The Bertz CT molecular complexity index is 707. The summed E-state index contributed by atoms with van der Waals surface area (Å²) >= 11 is 3.50. The molecule has 106 valence electrons. The Balaban J connectivity index is 1.73. The summed E-state index contributed by atoms with van der Waals surface area (Å²) in [6, 6.07) is 16.6. The second-order valence-corrected chi connectivity index (χ2v) is 5.70. The highest BCUT2D eigenvalue weighted by Gasteiger charge is 2.06. The molecular weight excluding hydrogens is 328 g/mol. The molecule has 3 aromatic rings. The van der Waals surface area contributed by atoms with Crippen LogP contribution in [0.2, 0.25) is 0 Å². The van der Waals surface area contributed by atoms with E-state index in [1.807, 2.05) is 36.4 Å². The fourth-order valence-corrected chi connectivity index (χ4v) is 2.57. The summed E-state index contributed by atoms with van der Waals surface area (Å²) in [5.41, 5.74) is 3.25. The van der Waals surface area contributed by atoms with Crippen LogP contribution in [0.15, 0.2) is 65.4 Å². The van der Waals surface area contributed by atoms with Gasteiger partial charge in [0, 0.05) is 16.2 Å². The molecule has 0 saturated heterocycles. The topological polar surface area (TPSA) is 42.7 Å². The van der Waals surface area contributed by atoms with Gasteiger partial charge in [-0.2, -0.15) is 15.0 Å². The van der Waals surface area contributed by atoms with Gasteiger partial charge in [-0.1, -0.05) is 28.1 Å². The lowest BCUT2D eigenvalue weighted by molar-refractivity contribution is 0.752. The number of hydrogen-bond donors (Lipinski definition) is 1. The average Bonchev–Trinajstić information content (AvgIpc) is 3.02. The van der Waals surface area contributed by atoms with E-state index in [2.05, 4.69) is 50.5 Å². The minimum atomic E-state index is 0.233. The van der Waals surface area contributed by atoms with E-state index < -0.39 is 0 Å². The standard InChI is InChI=1S/C16H15BrN4/c1-12(13-3-2-4-14(17)11-13)20-15-5-7-16(8-6-15)21-18-9-10-19-21/h2-12,20H,1H3. The van der Waals surface area contributed by atoms with E-state index in [4.69, 9.17) is 0 Å². The summed E-state index contributed by atoms with van der Waals surface area (Å²) in [6.07, 6.45) is 3.34. The van der Waals surface area contributed by atoms with Crippen LogP contribution in [0.3, 0.4) is 0 Å². The first-order chi connectivity index (χ1) is 10.2. The van der Waals surface area contributed by atoms with Gasteiger partial charge in [-0.05, 0) is 48.9 Å². The van der Waals surface area contributed by atoms with Gasteiger partial charge in [0.05, 0.1) is 18.1 Å². The first-order valence-electron chi connectivity index (χ1n) is 6.71. The molecule has 1 heterocycles. The Morgan fingerprint density at radius 2 is 1.76 bits per heavy atom. The van der Waals surface area contributed by atoms with Gasteiger partial charge < -0.3 is 5.32 Å². The predicted octanol–water partition coefficient (Wildman–Crippen LogP) is 4.20. The van der Waals surface area contributed by atoms with E-state index >= 15 is 0 Å². The Morgan fingerprint density at radius 3 is 2.43 bits per heavy atom. The van der Waals surface area contributed by atoms with Crippen LogP contribution in [0, 0.1) is 0 Å². The third kappa shape index (κ3) is 3.31. The zero-order valence-electron chi connectivity index (χ0n) is 11.6. The summed E-state index contributed by atoms with van der Waals surface area (Å²) in [7, 11) is 0. The third-order valence-corrected chi connectivity index (χ3v) is 3.74. The Morgan fingerprint density at radius 1 is 1.05 bits per heavy atom. The molecule has 0 aliphatic carbocycles. The van der Waals surface area contributed by atoms with Gasteiger partial charge in [-0.25, -0.2) is 0 Å². The van der Waals surface area contributed by atoms with Crippen molar-refractivity contribution in [3.05, 3.63) is 71.0 Å². The van der Waals surface area contributed by atoms with Crippen molar-refractivity contribution in [3.63, 3.8) is 0 Å². The molecule has 0 radical (unpaired) electrons. The van der Waals surface area contributed by atoms with Crippen molar-refractivity contribution in [2.24, 2.45) is 0 Å². The van der Waals surface area contributed by atoms with Gasteiger partial charge in [0.15, 0.2) is 0 Å². The van der Waals surface area contributed by atoms with Crippen LogP contribution >= 0.6 is 15.9 Å². The third-order valence-electron chi connectivity index (χ3n) is 3.25. The monoisotopic (exact) mass is 342 g/mol. The molecule has 1 N–H and O–H groups in total. The SMILES string of the molecule is CC(Nc1ccc(-n2nccn2)cc1)c1cccc(Br)c1. The summed E-state index contributed by atoms with van der Waals surface area (Å²) in [6.45, 7) is 2.14. The van der Waals surface area contributed by atoms with Crippen LogP contribution in [0.25, 0.3) is 5.69 Å². The molecule has 4 nitrogen and oxygen atoms in total. The van der Waals surface area contributed by atoms with Crippen LogP contribution in [0.1, 0.15) is 18.5 Å². The quantitative estimate of drug-likeness (QED) is 0.772. The van der Waals surface area contributed by atoms with E-state index in [9.17, 15) is 0 Å². The number of anilines is 1. The molecule has 1 aromatic heterocycles. The molecule has 0 saturated carbocycles. The van der Waals surface area contributed by atoms with Crippen molar-refractivity contribution in [3.8, 4) is 5.69 Å². The average molecular weight is 343 g/mol. The molecule has 0 amide bonds. The molecule has 0 aliphatic rings. The smallest absolute Gasteiger partial charge is 0.0858 e. The molecule has 0 fully saturated rings. The number of nitrogens with zero attached hydrogens (tertiary/aromatic N) is 3. The lowest BCUT2D eigenvalue weighted by atomic mass is 10.1. The van der Waals surface area contributed by atoms with E-state index in [0.29, 0.717) is 0 Å². The highest BCUT2D eigenvalue weighted by atomic mass is 79.9. The van der Waals surface area contributed by atoms with Crippen LogP contribution < -0.4 is 5.32 Å². The van der Waals surface area contributed by atoms with Gasteiger partial charge in [-0.3, -0.25) is 0 Å². The van der Waals surface area contributed by atoms with Crippen molar-refractivity contribution < 1.29 is 0 Å². The second kappa shape index (κ2) is 6.10. The molecule has 1 unspecified atom stereocenters. The molecule has 0 aliphatic heterocycles. The number of nitrogens with one attached hydrogen (secondary N) is 1. The maximum atomic E-state index is 4.11. The van der Waals surface area contributed by atoms with Crippen molar-refractivity contribution in [1.29, 1.82) is 0 Å². The van der Waals surface area contributed by atoms with Gasteiger partial charge >= 0.3 is 0 Å². The number of hydrogen-bond acceptors (Lipinski definition) is 3. The first-order valence-corrected chi connectivity index (χ1v) is 7.50. The fourth-order valence-electron chi connectivity index (χ4n) is 2.15. The number of halogens is 1. The van der Waals surface area contributed by atoms with Gasteiger partial charge in [0.1, 0.15) is 0 Å². The highest BCUT2D eigenvalue weighted by Crippen LogP contribution is 2.22. The summed E-state index contributed by atoms with van der Waals surface area (Å²) in [4.78, 5) is 1.60. The molecule has 0 spiro atoms. The number of aromatic nitrogens is 3. The first kappa shape index (κ1) is 13.8. The van der Waals surface area contributed by atoms with Crippen molar-refractivity contribution in [2.45, 2.75) is 13.0 Å². The minimum Gasteiger partial charge on any atom is -0.379 e. The Labute approximate surface area is 131 Å². The van der Waals surface area contributed by atoms with Crippen LogP contribution in [-0.4, -0.2) is 15.0 Å². The molecular formula is C16H15BrN4. The Kier molecular flexibility index (Phi) is 4.01. The minimum absolute atomic E-state index is 0.233. The van der Waals surface area contributed by atoms with Crippen LogP contribution in [0.5, 0.6) is 0 Å². The van der Waals surface area contributed by atoms with E-state index in [1.165, 1.54) is 5.56 Å². The van der Waals surface area contributed by atoms with Crippen molar-refractivity contribution >= 4 is 21.6 Å². The van der Waals surface area contributed by atoms with Crippen molar-refractivity contribution in [1.82, 2.24) is 15.0 Å². The second-order valence-electron chi connectivity index (χ2n) is 4.79. The summed E-state index contributed by atoms with van der Waals surface area (Å²) < 4.78 is 1.09. The lowest BCUT2D eigenvalue weighted by Gasteiger charge is -2.16. The van der Waals surface area contributed by atoms with Crippen LogP contribution in [0.4, 0.5) is 5.69 Å². The molecule has 2 aromatic carbocycles. The van der Waals surface area contributed by atoms with Gasteiger partial charge in [-0.15, -0.1) is 0 Å². The zero-order chi connectivity index (χ0) is 14.7. The molecule has 21 heavy (non-hydrogen) atoms. The van der Waals surface area contributed by atoms with E-state index in [-0.39, 0.29) is 6.04 Å². The van der Waals surface area contributed by atoms with Crippen molar-refractivity contribution in [2.75, 3.05) is 5.32 Å². The summed E-state index contributed by atoms with van der Waals surface area (Å²) in [5, 5.41) is 11.7. The molecule has 3 rings (SSSR count). The number of rotatable bonds is 4. The van der Waals surface area contributed by atoms with Gasteiger partial charge in [0.2, 0.25) is 0 Å². The molecule has 0 bridgehead atoms. The Hall–Kier alpha value is -2.14. The largest absolute Gasteiger partial charge is 0.379 e. The molecule has 1 atom stereocenters. The number of benzene rings is 2. The molecule has 5 heteroatoms. The van der Waals surface area contributed by atoms with Gasteiger partial charge in [0.25, 0.3) is 0 Å². The fraction of sp³-hybridized carbons (Fsp3) is 0.125. The normalized spacial score (nSPS) is 12.1. The van der Waals surface area contributed by atoms with E-state index in [0.717, 1.165) is 15.8 Å². The predicted molar refractivity (Wildman–Crippen MR) is 87.5 cm³/mol. The maximum Gasteiger partial charge on any atom is 0.0858 e. The zero-order valence-corrected chi connectivity index (χ0v) is 13.2. The van der Waals surface area contributed by atoms with E-state index in [1.54, 1.807) is 17.2 Å². The lowest BCUT2D eigenvalue weighted by Crippen LogP contribution is -2.06. The maximum absolute atomic E-state index is 4.11. The van der Waals surface area contributed by atoms with Crippen LogP contribution in [-0.2, 0) is 0 Å². The highest BCUT2D eigenvalue weighted by molar-refractivity contribution is 9.10.